The van der Waals surface area contributed by atoms with Gasteiger partial charge in [0.2, 0.25) is 5.91 Å². The summed E-state index contributed by atoms with van der Waals surface area (Å²) in [5.74, 6) is 0.289. The Balaban J connectivity index is 2.02. The van der Waals surface area contributed by atoms with Crippen LogP contribution in [0.1, 0.15) is 17.5 Å². The topological polar surface area (TPSA) is 54.5 Å². The van der Waals surface area contributed by atoms with Gasteiger partial charge in [-0.25, -0.2) is 8.42 Å². The molecule has 2 heterocycles. The standard InChI is InChI=1S/C14H17NO3S/c1-9-3-4-12(10(2)5-9)15-13-8-19(17,18)7-11(13)6-14(15)16/h3-5,11,13H,6-8H2,1-2H3/t11-,13-/m0/s1. The number of carbonyl (C=O) groups is 1. The lowest BCUT2D eigenvalue weighted by Gasteiger charge is -2.25. The van der Waals surface area contributed by atoms with Crippen LogP contribution >= 0.6 is 0 Å². The Hall–Kier alpha value is -1.36. The third-order valence-corrected chi connectivity index (χ3v) is 5.87. The van der Waals surface area contributed by atoms with Crippen LogP contribution in [0.3, 0.4) is 0 Å². The predicted molar refractivity (Wildman–Crippen MR) is 74.0 cm³/mol. The molecule has 2 fully saturated rings. The van der Waals surface area contributed by atoms with Gasteiger partial charge in [0.1, 0.15) is 0 Å². The number of rotatable bonds is 1. The number of carbonyl (C=O) groups excluding carboxylic acids is 1. The van der Waals surface area contributed by atoms with Gasteiger partial charge < -0.3 is 4.90 Å². The van der Waals surface area contributed by atoms with Gasteiger partial charge in [-0.1, -0.05) is 17.7 Å². The van der Waals surface area contributed by atoms with E-state index < -0.39 is 9.84 Å². The first-order chi connectivity index (χ1) is 8.87. The highest BCUT2D eigenvalue weighted by Gasteiger charge is 2.49. The Morgan fingerprint density at radius 3 is 2.63 bits per heavy atom. The number of nitrogens with zero attached hydrogens (tertiary/aromatic N) is 1. The van der Waals surface area contributed by atoms with E-state index in [-0.39, 0.29) is 29.4 Å². The third kappa shape index (κ3) is 2.06. The minimum Gasteiger partial charge on any atom is -0.308 e. The van der Waals surface area contributed by atoms with Crippen molar-refractivity contribution in [2.45, 2.75) is 26.3 Å². The van der Waals surface area contributed by atoms with Crippen LogP contribution < -0.4 is 4.90 Å². The Kier molecular flexibility index (Phi) is 2.71. The molecule has 0 unspecified atom stereocenters. The Labute approximate surface area is 113 Å². The molecule has 3 rings (SSSR count). The molecule has 2 saturated heterocycles. The summed E-state index contributed by atoms with van der Waals surface area (Å²) in [6, 6.07) is 5.75. The van der Waals surface area contributed by atoms with Gasteiger partial charge in [0.05, 0.1) is 17.5 Å². The second kappa shape index (κ2) is 4.07. The van der Waals surface area contributed by atoms with Gasteiger partial charge in [-0.15, -0.1) is 0 Å². The van der Waals surface area contributed by atoms with Gasteiger partial charge >= 0.3 is 0 Å². The quantitative estimate of drug-likeness (QED) is 0.782. The number of benzene rings is 1. The van der Waals surface area contributed by atoms with Crippen molar-refractivity contribution >= 4 is 21.4 Å². The number of anilines is 1. The van der Waals surface area contributed by atoms with Gasteiger partial charge in [-0.05, 0) is 25.5 Å². The zero-order valence-corrected chi connectivity index (χ0v) is 11.9. The fraction of sp³-hybridized carbons (Fsp3) is 0.500. The van der Waals surface area contributed by atoms with E-state index in [0.717, 1.165) is 16.8 Å². The fourth-order valence-corrected chi connectivity index (χ4v) is 5.35. The van der Waals surface area contributed by atoms with Crippen LogP contribution in [0.4, 0.5) is 5.69 Å². The fourth-order valence-electron chi connectivity index (χ4n) is 3.28. The molecule has 0 aliphatic carbocycles. The van der Waals surface area contributed by atoms with Gasteiger partial charge in [-0.2, -0.15) is 0 Å². The highest BCUT2D eigenvalue weighted by atomic mass is 32.2. The summed E-state index contributed by atoms with van der Waals surface area (Å²) in [5.41, 5.74) is 3.03. The maximum atomic E-state index is 12.2. The highest BCUT2D eigenvalue weighted by Crippen LogP contribution is 2.38. The first kappa shape index (κ1) is 12.7. The molecule has 19 heavy (non-hydrogen) atoms. The zero-order valence-electron chi connectivity index (χ0n) is 11.1. The van der Waals surface area contributed by atoms with E-state index >= 15 is 0 Å². The molecular formula is C14H17NO3S. The SMILES string of the molecule is Cc1ccc(N2C(=O)C[C@H]3CS(=O)(=O)C[C@@H]32)c(C)c1. The minimum atomic E-state index is -2.98. The van der Waals surface area contributed by atoms with E-state index in [1.54, 1.807) is 4.90 Å². The molecule has 0 bridgehead atoms. The second-order valence-corrected chi connectivity index (χ2v) is 7.82. The summed E-state index contributed by atoms with van der Waals surface area (Å²) in [6.45, 7) is 3.97. The van der Waals surface area contributed by atoms with Crippen molar-refractivity contribution in [3.8, 4) is 0 Å². The molecule has 102 valence electrons. The van der Waals surface area contributed by atoms with E-state index in [4.69, 9.17) is 0 Å². The Morgan fingerprint density at radius 1 is 1.21 bits per heavy atom. The van der Waals surface area contributed by atoms with Crippen LogP contribution in [0, 0.1) is 19.8 Å². The maximum absolute atomic E-state index is 12.2. The van der Waals surface area contributed by atoms with Gasteiger partial charge in [0.15, 0.2) is 9.84 Å². The molecule has 0 saturated carbocycles. The molecule has 2 aliphatic rings. The van der Waals surface area contributed by atoms with E-state index in [1.165, 1.54) is 0 Å². The molecule has 4 nitrogen and oxygen atoms in total. The molecule has 1 aromatic rings. The molecule has 0 spiro atoms. The molecule has 0 N–H and O–H groups in total. The summed E-state index contributed by atoms with van der Waals surface area (Å²) in [6.07, 6.45) is 0.358. The van der Waals surface area contributed by atoms with Crippen molar-refractivity contribution in [2.75, 3.05) is 16.4 Å². The van der Waals surface area contributed by atoms with E-state index in [0.29, 0.717) is 6.42 Å². The van der Waals surface area contributed by atoms with Crippen LogP contribution in [-0.4, -0.2) is 31.9 Å². The molecule has 2 atom stereocenters. The maximum Gasteiger partial charge on any atom is 0.227 e. The average Bonchev–Trinajstić information content (AvgIpc) is 2.70. The van der Waals surface area contributed by atoms with Crippen LogP contribution in [-0.2, 0) is 14.6 Å². The summed E-state index contributed by atoms with van der Waals surface area (Å²) in [4.78, 5) is 13.9. The van der Waals surface area contributed by atoms with Crippen molar-refractivity contribution in [1.82, 2.24) is 0 Å². The van der Waals surface area contributed by atoms with Crippen molar-refractivity contribution in [3.05, 3.63) is 29.3 Å². The monoisotopic (exact) mass is 279 g/mol. The summed E-state index contributed by atoms with van der Waals surface area (Å²) >= 11 is 0. The van der Waals surface area contributed by atoms with Gasteiger partial charge in [0.25, 0.3) is 0 Å². The van der Waals surface area contributed by atoms with Gasteiger partial charge in [-0.3, -0.25) is 4.79 Å². The summed E-state index contributed by atoms with van der Waals surface area (Å²) in [7, 11) is -2.98. The van der Waals surface area contributed by atoms with Crippen LogP contribution in [0.15, 0.2) is 18.2 Å². The van der Waals surface area contributed by atoms with E-state index in [1.807, 2.05) is 32.0 Å². The lowest BCUT2D eigenvalue weighted by molar-refractivity contribution is -0.117. The molecule has 0 radical (unpaired) electrons. The Bertz CT molecular complexity index is 651. The third-order valence-electron chi connectivity index (χ3n) is 4.09. The molecule has 0 aromatic heterocycles. The van der Waals surface area contributed by atoms with Crippen LogP contribution in [0.5, 0.6) is 0 Å². The Morgan fingerprint density at radius 2 is 1.95 bits per heavy atom. The summed E-state index contributed by atoms with van der Waals surface area (Å²) < 4.78 is 23.5. The average molecular weight is 279 g/mol. The highest BCUT2D eigenvalue weighted by molar-refractivity contribution is 7.91. The first-order valence-electron chi connectivity index (χ1n) is 6.47. The molecule has 5 heteroatoms. The number of amides is 1. The molecular weight excluding hydrogens is 262 g/mol. The molecule has 1 amide bonds. The smallest absolute Gasteiger partial charge is 0.227 e. The first-order valence-corrected chi connectivity index (χ1v) is 8.29. The van der Waals surface area contributed by atoms with Crippen molar-refractivity contribution in [3.63, 3.8) is 0 Å². The van der Waals surface area contributed by atoms with Crippen LogP contribution in [0.2, 0.25) is 0 Å². The lowest BCUT2D eigenvalue weighted by atomic mass is 10.0. The largest absolute Gasteiger partial charge is 0.308 e. The number of fused-ring (bicyclic) bond motifs is 1. The van der Waals surface area contributed by atoms with Crippen LogP contribution in [0.25, 0.3) is 0 Å². The summed E-state index contributed by atoms with van der Waals surface area (Å²) in [5, 5.41) is 0. The zero-order chi connectivity index (χ0) is 13.8. The van der Waals surface area contributed by atoms with Crippen molar-refractivity contribution < 1.29 is 13.2 Å². The van der Waals surface area contributed by atoms with E-state index in [2.05, 4.69) is 0 Å². The minimum absolute atomic E-state index is 0.0294. The molecule has 2 aliphatic heterocycles. The number of sulfone groups is 1. The molecule has 1 aromatic carbocycles. The van der Waals surface area contributed by atoms with Crippen molar-refractivity contribution in [2.24, 2.45) is 5.92 Å². The number of hydrogen-bond donors (Lipinski definition) is 0. The predicted octanol–water partition coefficient (Wildman–Crippen LogP) is 1.45. The number of hydrogen-bond acceptors (Lipinski definition) is 3. The lowest BCUT2D eigenvalue weighted by Crippen LogP contribution is -2.36. The van der Waals surface area contributed by atoms with Crippen molar-refractivity contribution in [1.29, 1.82) is 0 Å². The van der Waals surface area contributed by atoms with Gasteiger partial charge in [0, 0.05) is 18.0 Å². The second-order valence-electron chi connectivity index (χ2n) is 5.66. The normalized spacial score (nSPS) is 28.7. The number of aryl methyl sites for hydroxylation is 2. The van der Waals surface area contributed by atoms with E-state index in [9.17, 15) is 13.2 Å².